The van der Waals surface area contributed by atoms with E-state index in [1.54, 1.807) is 24.3 Å². The number of carbonyl (C=O) groups excluding carboxylic acids is 2. The summed E-state index contributed by atoms with van der Waals surface area (Å²) in [4.78, 5) is 32.6. The fourth-order valence-corrected chi connectivity index (χ4v) is 2.66. The molecule has 0 radical (unpaired) electrons. The monoisotopic (exact) mass is 376 g/mol. The highest BCUT2D eigenvalue weighted by Crippen LogP contribution is 2.20. The third-order valence-electron chi connectivity index (χ3n) is 4.12. The summed E-state index contributed by atoms with van der Waals surface area (Å²) in [6, 6.07) is 12.7. The zero-order chi connectivity index (χ0) is 20.1. The highest BCUT2D eigenvalue weighted by Gasteiger charge is 2.13. The Morgan fingerprint density at radius 1 is 0.964 bits per heavy atom. The van der Waals surface area contributed by atoms with Crippen molar-refractivity contribution in [2.24, 2.45) is 0 Å². The summed E-state index contributed by atoms with van der Waals surface area (Å²) in [7, 11) is 1.32. The van der Waals surface area contributed by atoms with Gasteiger partial charge in [0.15, 0.2) is 0 Å². The molecule has 3 aromatic rings. The molecule has 142 valence electrons. The molecule has 1 amide bonds. The van der Waals surface area contributed by atoms with E-state index in [1.807, 2.05) is 32.0 Å². The highest BCUT2D eigenvalue weighted by atomic mass is 16.5. The fraction of sp³-hybridized carbons (Fsp3) is 0.143. The average molecular weight is 376 g/mol. The van der Waals surface area contributed by atoms with E-state index in [-0.39, 0.29) is 11.9 Å². The maximum absolute atomic E-state index is 12.4. The van der Waals surface area contributed by atoms with Gasteiger partial charge in [-0.3, -0.25) is 4.79 Å². The topological polar surface area (TPSA) is 93.2 Å². The molecule has 0 aliphatic heterocycles. The lowest BCUT2D eigenvalue weighted by molar-refractivity contribution is 0.0601. The molecule has 7 heteroatoms. The van der Waals surface area contributed by atoms with Crippen LogP contribution in [0.4, 0.5) is 17.3 Å². The third-order valence-corrected chi connectivity index (χ3v) is 4.12. The van der Waals surface area contributed by atoms with Gasteiger partial charge in [0.05, 0.1) is 23.9 Å². The molecule has 0 atom stereocenters. The second-order valence-corrected chi connectivity index (χ2v) is 6.23. The fourth-order valence-electron chi connectivity index (χ4n) is 2.66. The first-order valence-electron chi connectivity index (χ1n) is 8.63. The highest BCUT2D eigenvalue weighted by molar-refractivity contribution is 6.04. The largest absolute Gasteiger partial charge is 0.465 e. The zero-order valence-electron chi connectivity index (χ0n) is 15.8. The predicted molar refractivity (Wildman–Crippen MR) is 107 cm³/mol. The van der Waals surface area contributed by atoms with Crippen LogP contribution in [0.2, 0.25) is 0 Å². The molecule has 0 saturated carbocycles. The van der Waals surface area contributed by atoms with Crippen LogP contribution in [-0.4, -0.2) is 29.0 Å². The quantitative estimate of drug-likeness (QED) is 0.657. The number of carbonyl (C=O) groups is 2. The number of nitrogens with zero attached hydrogens (tertiary/aromatic N) is 2. The van der Waals surface area contributed by atoms with Crippen LogP contribution in [-0.2, 0) is 4.74 Å². The van der Waals surface area contributed by atoms with Crippen molar-refractivity contribution in [3.05, 3.63) is 77.1 Å². The number of ether oxygens (including phenoxy) is 1. The Morgan fingerprint density at radius 3 is 2.36 bits per heavy atom. The number of nitrogens with one attached hydrogen (secondary N) is 2. The summed E-state index contributed by atoms with van der Waals surface area (Å²) in [5.74, 6) is -0.500. The summed E-state index contributed by atoms with van der Waals surface area (Å²) >= 11 is 0. The van der Waals surface area contributed by atoms with E-state index in [4.69, 9.17) is 4.74 Å². The van der Waals surface area contributed by atoms with Gasteiger partial charge in [0, 0.05) is 18.1 Å². The molecular weight excluding hydrogens is 356 g/mol. The number of amides is 1. The number of aryl methyl sites for hydroxylation is 2. The number of benzene rings is 2. The minimum atomic E-state index is -0.465. The van der Waals surface area contributed by atoms with E-state index in [0.717, 1.165) is 16.8 Å². The Balaban J connectivity index is 1.73. The second kappa shape index (κ2) is 8.30. The van der Waals surface area contributed by atoms with Gasteiger partial charge in [0.1, 0.15) is 0 Å². The number of rotatable bonds is 5. The van der Waals surface area contributed by atoms with Crippen molar-refractivity contribution in [2.45, 2.75) is 13.8 Å². The smallest absolute Gasteiger partial charge is 0.339 e. The Kier molecular flexibility index (Phi) is 5.64. The maximum atomic E-state index is 12.4. The Morgan fingerprint density at radius 2 is 1.68 bits per heavy atom. The number of aromatic nitrogens is 2. The van der Waals surface area contributed by atoms with Crippen LogP contribution < -0.4 is 10.6 Å². The average Bonchev–Trinajstić information content (AvgIpc) is 2.70. The minimum Gasteiger partial charge on any atom is -0.465 e. The summed E-state index contributed by atoms with van der Waals surface area (Å²) in [5, 5.41) is 5.82. The molecule has 0 spiro atoms. The molecule has 7 nitrogen and oxygen atoms in total. The van der Waals surface area contributed by atoms with Gasteiger partial charge >= 0.3 is 5.97 Å². The number of esters is 1. The van der Waals surface area contributed by atoms with E-state index in [2.05, 4.69) is 20.6 Å². The van der Waals surface area contributed by atoms with E-state index in [0.29, 0.717) is 16.8 Å². The van der Waals surface area contributed by atoms with Gasteiger partial charge in [-0.05, 0) is 37.6 Å². The van der Waals surface area contributed by atoms with Crippen LogP contribution >= 0.6 is 0 Å². The van der Waals surface area contributed by atoms with Gasteiger partial charge in [-0.1, -0.05) is 29.8 Å². The molecule has 0 fully saturated rings. The molecule has 3 rings (SSSR count). The number of hydrogen-bond donors (Lipinski definition) is 2. The van der Waals surface area contributed by atoms with Crippen LogP contribution in [0.25, 0.3) is 0 Å². The zero-order valence-corrected chi connectivity index (χ0v) is 15.8. The van der Waals surface area contributed by atoms with Crippen LogP contribution in [0.5, 0.6) is 0 Å². The first-order chi connectivity index (χ1) is 13.5. The van der Waals surface area contributed by atoms with Gasteiger partial charge in [-0.2, -0.15) is 0 Å². The predicted octanol–water partition coefficient (Wildman–Crippen LogP) is 3.88. The lowest BCUT2D eigenvalue weighted by atomic mass is 10.1. The number of hydrogen-bond acceptors (Lipinski definition) is 6. The Hall–Kier alpha value is -3.74. The summed E-state index contributed by atoms with van der Waals surface area (Å²) < 4.78 is 4.77. The molecule has 0 bridgehead atoms. The van der Waals surface area contributed by atoms with E-state index < -0.39 is 5.97 Å². The Bertz CT molecular complexity index is 1020. The molecule has 1 heterocycles. The summed E-state index contributed by atoms with van der Waals surface area (Å²) in [6.07, 6.45) is 2.85. The molecule has 0 aliphatic rings. The van der Waals surface area contributed by atoms with E-state index in [1.165, 1.54) is 19.5 Å². The molecule has 2 N–H and O–H groups in total. The van der Waals surface area contributed by atoms with E-state index in [9.17, 15) is 9.59 Å². The van der Waals surface area contributed by atoms with Crippen molar-refractivity contribution in [3.63, 3.8) is 0 Å². The normalized spacial score (nSPS) is 10.2. The van der Waals surface area contributed by atoms with Crippen molar-refractivity contribution >= 4 is 29.2 Å². The molecule has 0 saturated heterocycles. The summed E-state index contributed by atoms with van der Waals surface area (Å²) in [5.41, 5.74) is 4.05. The van der Waals surface area contributed by atoms with Gasteiger partial charge in [0.2, 0.25) is 5.95 Å². The molecule has 0 aliphatic carbocycles. The lowest BCUT2D eigenvalue weighted by Gasteiger charge is -2.10. The molecule has 1 aromatic heterocycles. The third kappa shape index (κ3) is 4.32. The van der Waals surface area contributed by atoms with Gasteiger partial charge in [0.25, 0.3) is 5.91 Å². The van der Waals surface area contributed by atoms with Gasteiger partial charge < -0.3 is 15.4 Å². The van der Waals surface area contributed by atoms with Crippen molar-refractivity contribution in [2.75, 3.05) is 17.7 Å². The minimum absolute atomic E-state index is 0.263. The number of anilines is 3. The molecule has 0 unspecified atom stereocenters. The van der Waals surface area contributed by atoms with Crippen LogP contribution in [0, 0.1) is 13.8 Å². The van der Waals surface area contributed by atoms with Crippen LogP contribution in [0.1, 0.15) is 31.8 Å². The maximum Gasteiger partial charge on any atom is 0.339 e. The Labute approximate surface area is 162 Å². The molecule has 28 heavy (non-hydrogen) atoms. The van der Waals surface area contributed by atoms with Crippen molar-refractivity contribution in [3.8, 4) is 0 Å². The summed E-state index contributed by atoms with van der Waals surface area (Å²) in [6.45, 7) is 3.93. The van der Waals surface area contributed by atoms with Crippen molar-refractivity contribution in [1.82, 2.24) is 9.97 Å². The number of methoxy groups -OCH3 is 1. The van der Waals surface area contributed by atoms with Crippen LogP contribution in [0.3, 0.4) is 0 Å². The lowest BCUT2D eigenvalue weighted by Crippen LogP contribution is -2.14. The molecular formula is C21H20N4O3. The van der Waals surface area contributed by atoms with Crippen molar-refractivity contribution < 1.29 is 14.3 Å². The standard InChI is InChI=1S/C21H20N4O3/c1-13-8-9-17(14(2)10-13)24-19(26)15-11-22-21(23-12-15)25-18-7-5-4-6-16(18)20(27)28-3/h4-12H,1-3H3,(H,24,26)(H,22,23,25). The number of para-hydroxylation sites is 1. The van der Waals surface area contributed by atoms with Crippen molar-refractivity contribution in [1.29, 1.82) is 0 Å². The first-order valence-corrected chi connectivity index (χ1v) is 8.63. The van der Waals surface area contributed by atoms with Gasteiger partial charge in [-0.15, -0.1) is 0 Å². The first kappa shape index (κ1) is 19.0. The van der Waals surface area contributed by atoms with E-state index >= 15 is 0 Å². The van der Waals surface area contributed by atoms with Gasteiger partial charge in [-0.25, -0.2) is 14.8 Å². The SMILES string of the molecule is COC(=O)c1ccccc1Nc1ncc(C(=O)Nc2ccc(C)cc2C)cn1. The van der Waals surface area contributed by atoms with Crippen LogP contribution in [0.15, 0.2) is 54.9 Å². The second-order valence-electron chi connectivity index (χ2n) is 6.23. The molecule has 2 aromatic carbocycles.